The summed E-state index contributed by atoms with van der Waals surface area (Å²) in [6.45, 7) is 4.58. The highest BCUT2D eigenvalue weighted by Crippen LogP contribution is 2.58. The third-order valence-electron chi connectivity index (χ3n) is 10.2. The zero-order valence-corrected chi connectivity index (χ0v) is 25.4. The zero-order valence-electron chi connectivity index (χ0n) is 25.4. The van der Waals surface area contributed by atoms with Gasteiger partial charge in [0.15, 0.2) is 0 Å². The van der Waals surface area contributed by atoms with Crippen LogP contribution in [-0.4, -0.2) is 0 Å². The lowest BCUT2D eigenvalue weighted by Gasteiger charge is -2.35. The molecule has 1 unspecified atom stereocenters. The minimum Gasteiger partial charge on any atom is -0.457 e. The Hall–Kier alpha value is -5.40. The van der Waals surface area contributed by atoms with Crippen LogP contribution in [0.3, 0.4) is 0 Å². The fraction of sp³-hybridized carbons (Fsp3) is 0.0909. The van der Waals surface area contributed by atoms with Crippen LogP contribution in [0.4, 0.5) is 0 Å². The van der Waals surface area contributed by atoms with Crippen LogP contribution in [0.25, 0.3) is 33.0 Å². The maximum absolute atomic E-state index is 6.54. The SMILES string of the molecule is CC1(C)c2ccccc2Oc2cc(-c3cccc(C4(c5ccccc5)c5ccccc5-c5ccc6ccccc6c54)c3)ccc21. The first kappa shape index (κ1) is 26.0. The van der Waals surface area contributed by atoms with Gasteiger partial charge in [0.2, 0.25) is 0 Å². The molecule has 1 heteroatoms. The molecule has 0 bridgehead atoms. The highest BCUT2D eigenvalue weighted by molar-refractivity contribution is 6.00. The van der Waals surface area contributed by atoms with E-state index in [0.717, 1.165) is 17.1 Å². The summed E-state index contributed by atoms with van der Waals surface area (Å²) in [5.41, 5.74) is 12.0. The first-order valence-corrected chi connectivity index (χ1v) is 15.8. The molecule has 0 spiro atoms. The van der Waals surface area contributed by atoms with Gasteiger partial charge in [0, 0.05) is 16.5 Å². The molecule has 1 aliphatic heterocycles. The summed E-state index contributed by atoms with van der Waals surface area (Å²) in [4.78, 5) is 0. The average molecular weight is 577 g/mol. The molecule has 0 fully saturated rings. The van der Waals surface area contributed by atoms with Crippen molar-refractivity contribution in [2.75, 3.05) is 0 Å². The fourth-order valence-electron chi connectivity index (χ4n) is 8.10. The van der Waals surface area contributed by atoms with Crippen molar-refractivity contribution in [3.05, 3.63) is 191 Å². The van der Waals surface area contributed by atoms with Crippen LogP contribution >= 0.6 is 0 Å². The van der Waals surface area contributed by atoms with Gasteiger partial charge in [-0.3, -0.25) is 0 Å². The minimum absolute atomic E-state index is 0.139. The van der Waals surface area contributed by atoms with E-state index in [-0.39, 0.29) is 5.41 Å². The van der Waals surface area contributed by atoms with E-state index in [9.17, 15) is 0 Å². The topological polar surface area (TPSA) is 9.23 Å². The number of para-hydroxylation sites is 1. The summed E-state index contributed by atoms with van der Waals surface area (Å²) < 4.78 is 6.54. The Morgan fingerprint density at radius 3 is 2.02 bits per heavy atom. The normalized spacial score (nSPS) is 17.1. The molecule has 1 aliphatic carbocycles. The van der Waals surface area contributed by atoms with Crippen LogP contribution < -0.4 is 4.74 Å². The van der Waals surface area contributed by atoms with Crippen molar-refractivity contribution in [2.45, 2.75) is 24.7 Å². The summed E-state index contributed by atoms with van der Waals surface area (Å²) in [7, 11) is 0. The third kappa shape index (κ3) is 3.61. The van der Waals surface area contributed by atoms with E-state index in [2.05, 4.69) is 172 Å². The fourth-order valence-corrected chi connectivity index (χ4v) is 8.10. The van der Waals surface area contributed by atoms with Gasteiger partial charge in [0.1, 0.15) is 11.5 Å². The molecular weight excluding hydrogens is 544 g/mol. The van der Waals surface area contributed by atoms with Gasteiger partial charge in [-0.05, 0) is 73.5 Å². The van der Waals surface area contributed by atoms with E-state index in [1.807, 2.05) is 0 Å². The molecule has 7 aromatic carbocycles. The Bertz CT molecular complexity index is 2280. The molecule has 1 nitrogen and oxygen atoms in total. The first-order chi connectivity index (χ1) is 22.1. The number of fused-ring (bicyclic) bond motifs is 7. The van der Waals surface area contributed by atoms with E-state index in [1.54, 1.807) is 0 Å². The smallest absolute Gasteiger partial charge is 0.132 e. The lowest BCUT2D eigenvalue weighted by Crippen LogP contribution is -2.29. The third-order valence-corrected chi connectivity index (χ3v) is 10.2. The first-order valence-electron chi connectivity index (χ1n) is 15.8. The number of rotatable bonds is 3. The average Bonchev–Trinajstić information content (AvgIpc) is 3.40. The summed E-state index contributed by atoms with van der Waals surface area (Å²) in [6.07, 6.45) is 0. The van der Waals surface area contributed by atoms with Crippen molar-refractivity contribution in [2.24, 2.45) is 0 Å². The number of benzene rings is 7. The van der Waals surface area contributed by atoms with Crippen molar-refractivity contribution in [1.29, 1.82) is 0 Å². The lowest BCUT2D eigenvalue weighted by atomic mass is 9.66. The maximum Gasteiger partial charge on any atom is 0.132 e. The molecular formula is C44H32O. The van der Waals surface area contributed by atoms with E-state index >= 15 is 0 Å². The molecule has 0 saturated carbocycles. The van der Waals surface area contributed by atoms with Gasteiger partial charge < -0.3 is 4.74 Å². The van der Waals surface area contributed by atoms with Crippen molar-refractivity contribution in [3.63, 3.8) is 0 Å². The van der Waals surface area contributed by atoms with E-state index in [4.69, 9.17) is 4.74 Å². The Kier molecular flexibility index (Phi) is 5.53. The van der Waals surface area contributed by atoms with Gasteiger partial charge >= 0.3 is 0 Å². The maximum atomic E-state index is 6.54. The molecule has 0 N–H and O–H groups in total. The number of hydrogen-bond donors (Lipinski definition) is 0. The van der Waals surface area contributed by atoms with Crippen LogP contribution in [0, 0.1) is 0 Å². The second-order valence-electron chi connectivity index (χ2n) is 12.9. The monoisotopic (exact) mass is 576 g/mol. The van der Waals surface area contributed by atoms with Gasteiger partial charge in [-0.25, -0.2) is 0 Å². The van der Waals surface area contributed by atoms with E-state index in [0.29, 0.717) is 0 Å². The summed E-state index contributed by atoms with van der Waals surface area (Å²) in [5, 5.41) is 2.55. The predicted molar refractivity (Wildman–Crippen MR) is 185 cm³/mol. The van der Waals surface area contributed by atoms with Gasteiger partial charge in [-0.15, -0.1) is 0 Å². The van der Waals surface area contributed by atoms with Gasteiger partial charge in [-0.2, -0.15) is 0 Å². The Morgan fingerprint density at radius 2 is 1.13 bits per heavy atom. The lowest BCUT2D eigenvalue weighted by molar-refractivity contribution is 0.418. The predicted octanol–water partition coefficient (Wildman–Crippen LogP) is 11.3. The Balaban J connectivity index is 1.30. The number of ether oxygens (including phenoxy) is 1. The van der Waals surface area contributed by atoms with Gasteiger partial charge in [0.25, 0.3) is 0 Å². The van der Waals surface area contributed by atoms with Crippen LogP contribution in [0.15, 0.2) is 158 Å². The quantitative estimate of drug-likeness (QED) is 0.203. The van der Waals surface area contributed by atoms with E-state index in [1.165, 1.54) is 60.8 Å². The summed E-state index contributed by atoms with van der Waals surface area (Å²) >= 11 is 0. The minimum atomic E-state index is -0.476. The molecule has 214 valence electrons. The molecule has 0 radical (unpaired) electrons. The van der Waals surface area contributed by atoms with Crippen molar-refractivity contribution < 1.29 is 4.74 Å². The highest BCUT2D eigenvalue weighted by atomic mass is 16.5. The van der Waals surface area contributed by atoms with Crippen LogP contribution in [-0.2, 0) is 10.8 Å². The van der Waals surface area contributed by atoms with Crippen molar-refractivity contribution in [1.82, 2.24) is 0 Å². The molecule has 0 aromatic heterocycles. The molecule has 2 aliphatic rings. The Labute approximate surface area is 264 Å². The van der Waals surface area contributed by atoms with Gasteiger partial charge in [-0.1, -0.05) is 153 Å². The molecule has 45 heavy (non-hydrogen) atoms. The molecule has 7 aromatic rings. The molecule has 1 heterocycles. The van der Waals surface area contributed by atoms with Crippen LogP contribution in [0.1, 0.15) is 47.2 Å². The van der Waals surface area contributed by atoms with Crippen LogP contribution in [0.5, 0.6) is 11.5 Å². The Morgan fingerprint density at radius 1 is 0.444 bits per heavy atom. The molecule has 0 amide bonds. The highest BCUT2D eigenvalue weighted by Gasteiger charge is 2.47. The molecule has 0 saturated heterocycles. The number of hydrogen-bond acceptors (Lipinski definition) is 1. The summed E-state index contributed by atoms with van der Waals surface area (Å²) in [5.74, 6) is 1.87. The second kappa shape index (κ2) is 9.55. The van der Waals surface area contributed by atoms with Gasteiger partial charge in [0.05, 0.1) is 5.41 Å². The zero-order chi connectivity index (χ0) is 30.2. The van der Waals surface area contributed by atoms with Crippen molar-refractivity contribution in [3.8, 4) is 33.8 Å². The van der Waals surface area contributed by atoms with E-state index < -0.39 is 5.41 Å². The standard InChI is InChI=1S/C44H32O/c1-43(2)38-21-10-11-22-40(38)45-41-28-31(24-26-39(41)43)30-14-12-17-33(27-30)44(32-15-4-3-5-16-32)37-20-9-8-19-35(37)36-25-23-29-13-6-7-18-34(29)42(36)44/h3-28H,1-2H3. The molecule has 1 atom stereocenters. The molecule has 9 rings (SSSR count). The largest absolute Gasteiger partial charge is 0.457 e. The summed E-state index contributed by atoms with van der Waals surface area (Å²) in [6, 6.07) is 57.8. The second-order valence-corrected chi connectivity index (χ2v) is 12.9. The van der Waals surface area contributed by atoms with Crippen LogP contribution in [0.2, 0.25) is 0 Å². The van der Waals surface area contributed by atoms with Crippen molar-refractivity contribution >= 4 is 10.8 Å².